The number of anilines is 1. The number of amides is 3. The van der Waals surface area contributed by atoms with Gasteiger partial charge in [0.15, 0.2) is 6.10 Å². The van der Waals surface area contributed by atoms with Gasteiger partial charge in [0.25, 0.3) is 5.91 Å². The lowest BCUT2D eigenvalue weighted by Gasteiger charge is -2.36. The lowest BCUT2D eigenvalue weighted by Crippen LogP contribution is -2.54. The van der Waals surface area contributed by atoms with Crippen LogP contribution in [0.3, 0.4) is 0 Å². The number of hydrogen-bond donors (Lipinski definition) is 1. The molecule has 11 heteroatoms. The predicted octanol–water partition coefficient (Wildman–Crippen LogP) is 9.60. The van der Waals surface area contributed by atoms with Crippen molar-refractivity contribution in [2.45, 2.75) is 123 Å². The van der Waals surface area contributed by atoms with E-state index >= 15 is 0 Å². The zero-order valence-electron chi connectivity index (χ0n) is 31.6. The van der Waals surface area contributed by atoms with E-state index in [1.165, 1.54) is 57.4 Å². The monoisotopic (exact) mass is 737 g/mol. The van der Waals surface area contributed by atoms with Crippen LogP contribution in [0.4, 0.5) is 10.5 Å². The molecule has 0 unspecified atom stereocenters. The van der Waals surface area contributed by atoms with Gasteiger partial charge in [-0.05, 0) is 58.4 Å². The highest BCUT2D eigenvalue weighted by Crippen LogP contribution is 2.35. The van der Waals surface area contributed by atoms with Crippen LogP contribution in [0, 0.1) is 0 Å². The van der Waals surface area contributed by atoms with Gasteiger partial charge in [0.2, 0.25) is 5.91 Å². The Morgan fingerprint density at radius 1 is 0.827 bits per heavy atom. The highest BCUT2D eigenvalue weighted by atomic mass is 35.5. The molecule has 1 aliphatic rings. The first-order valence-corrected chi connectivity index (χ1v) is 19.3. The number of carbonyl (C=O) groups is 3. The normalized spacial score (nSPS) is 14.0. The maximum Gasteiger partial charge on any atom is 0.410 e. The van der Waals surface area contributed by atoms with Crippen LogP contribution in [0.15, 0.2) is 51.7 Å². The van der Waals surface area contributed by atoms with Gasteiger partial charge in [-0.1, -0.05) is 88.8 Å². The first-order chi connectivity index (χ1) is 24.8. The average Bonchev–Trinajstić information content (AvgIpc) is 3.09. The number of ether oxygens (including phenoxy) is 2. The van der Waals surface area contributed by atoms with E-state index in [4.69, 9.17) is 25.5 Å². The van der Waals surface area contributed by atoms with Gasteiger partial charge in [-0.15, -0.1) is 0 Å². The summed E-state index contributed by atoms with van der Waals surface area (Å²) in [6, 6.07) is 11.7. The van der Waals surface area contributed by atoms with Gasteiger partial charge in [-0.3, -0.25) is 9.59 Å². The SMILES string of the molecule is CCCCCCCCCCCCCC(=O)Nc1ccc(-c2cc(=O)oc3cc(O[C@@H](C)C(=O)N4CCN(C(=O)OC(C)(C)C)CC4)ccc23)c(Cl)c1. The molecule has 3 amide bonds. The van der Waals surface area contributed by atoms with Crippen molar-refractivity contribution in [3.8, 4) is 16.9 Å². The van der Waals surface area contributed by atoms with Crippen molar-refractivity contribution in [1.29, 1.82) is 0 Å². The van der Waals surface area contributed by atoms with E-state index in [2.05, 4.69) is 12.2 Å². The summed E-state index contributed by atoms with van der Waals surface area (Å²) in [4.78, 5) is 54.1. The minimum Gasteiger partial charge on any atom is -0.481 e. The van der Waals surface area contributed by atoms with Crippen molar-refractivity contribution in [2.75, 3.05) is 31.5 Å². The molecule has 3 aromatic rings. The molecule has 10 nitrogen and oxygen atoms in total. The second kappa shape index (κ2) is 19.7. The number of carbonyl (C=O) groups excluding carboxylic acids is 3. The number of halogens is 1. The second-order valence-electron chi connectivity index (χ2n) is 14.7. The van der Waals surface area contributed by atoms with Crippen molar-refractivity contribution in [3.05, 3.63) is 57.9 Å². The number of rotatable bonds is 17. The van der Waals surface area contributed by atoms with Crippen LogP contribution in [0.2, 0.25) is 5.02 Å². The third-order valence-corrected chi connectivity index (χ3v) is 9.48. The summed E-state index contributed by atoms with van der Waals surface area (Å²) in [6.07, 6.45) is 12.8. The van der Waals surface area contributed by atoms with Gasteiger partial charge in [-0.25, -0.2) is 9.59 Å². The molecular weight excluding hydrogens is 682 g/mol. The Kier molecular flexibility index (Phi) is 15.4. The molecule has 1 N–H and O–H groups in total. The van der Waals surface area contributed by atoms with Gasteiger partial charge >= 0.3 is 11.7 Å². The summed E-state index contributed by atoms with van der Waals surface area (Å²) in [5.74, 6) is 0.105. The van der Waals surface area contributed by atoms with Crippen molar-refractivity contribution < 1.29 is 28.3 Å². The van der Waals surface area contributed by atoms with E-state index in [1.54, 1.807) is 53.1 Å². The molecule has 2 heterocycles. The molecule has 2 aromatic carbocycles. The van der Waals surface area contributed by atoms with Crippen molar-refractivity contribution in [1.82, 2.24) is 9.80 Å². The second-order valence-corrected chi connectivity index (χ2v) is 15.1. The number of nitrogens with one attached hydrogen (secondary N) is 1. The summed E-state index contributed by atoms with van der Waals surface area (Å²) in [5, 5.41) is 3.96. The van der Waals surface area contributed by atoms with E-state index in [-0.39, 0.29) is 17.4 Å². The van der Waals surface area contributed by atoms with Crippen LogP contribution in [0.1, 0.15) is 112 Å². The quantitative estimate of drug-likeness (QED) is 0.108. The Bertz CT molecular complexity index is 1710. The molecule has 1 atom stereocenters. The van der Waals surface area contributed by atoms with Crippen LogP contribution in [-0.2, 0) is 14.3 Å². The molecule has 0 saturated carbocycles. The standard InChI is InChI=1S/C41H56ClN3O7/c1-6-7-8-9-10-11-12-13-14-15-16-17-37(46)43-30-18-20-32(35(42)26-30)34-28-38(47)51-36-27-31(19-21-33(34)36)50-29(2)39(48)44-22-24-45(25-23-44)40(49)52-41(3,4)5/h18-21,26-29H,6-17,22-25H2,1-5H3,(H,43,46)/t29-/m0/s1. The fourth-order valence-corrected chi connectivity index (χ4v) is 6.65. The van der Waals surface area contributed by atoms with E-state index in [0.29, 0.717) is 65.6 Å². The maximum absolute atomic E-state index is 13.2. The molecular formula is C41H56ClN3O7. The Morgan fingerprint density at radius 2 is 1.44 bits per heavy atom. The zero-order chi connectivity index (χ0) is 37.7. The third-order valence-electron chi connectivity index (χ3n) is 9.17. The Balaban J connectivity index is 1.29. The highest BCUT2D eigenvalue weighted by Gasteiger charge is 2.30. The van der Waals surface area contributed by atoms with Crippen LogP contribution in [0.5, 0.6) is 5.75 Å². The number of piperazine rings is 1. The van der Waals surface area contributed by atoms with Gasteiger partial charge in [0, 0.05) is 66.9 Å². The Hall–Kier alpha value is -4.05. The molecule has 1 aliphatic heterocycles. The first-order valence-electron chi connectivity index (χ1n) is 19.0. The molecule has 0 aliphatic carbocycles. The molecule has 0 radical (unpaired) electrons. The lowest BCUT2D eigenvalue weighted by atomic mass is 10.0. The number of fused-ring (bicyclic) bond motifs is 1. The van der Waals surface area contributed by atoms with E-state index in [0.717, 1.165) is 19.3 Å². The number of nitrogens with zero attached hydrogens (tertiary/aromatic N) is 2. The van der Waals surface area contributed by atoms with Gasteiger partial charge in [-0.2, -0.15) is 0 Å². The van der Waals surface area contributed by atoms with Crippen LogP contribution >= 0.6 is 11.6 Å². The number of benzene rings is 2. The lowest BCUT2D eigenvalue weighted by molar-refractivity contribution is -0.139. The molecule has 1 saturated heterocycles. The van der Waals surface area contributed by atoms with E-state index < -0.39 is 23.4 Å². The van der Waals surface area contributed by atoms with E-state index in [9.17, 15) is 19.2 Å². The van der Waals surface area contributed by atoms with Crippen molar-refractivity contribution in [2.24, 2.45) is 0 Å². The molecule has 1 fully saturated rings. The largest absolute Gasteiger partial charge is 0.481 e. The Labute approximate surface area is 313 Å². The highest BCUT2D eigenvalue weighted by molar-refractivity contribution is 6.34. The van der Waals surface area contributed by atoms with Crippen molar-refractivity contribution in [3.63, 3.8) is 0 Å². The fourth-order valence-electron chi connectivity index (χ4n) is 6.37. The third kappa shape index (κ3) is 12.6. The average molecular weight is 738 g/mol. The molecule has 0 spiro atoms. The van der Waals surface area contributed by atoms with E-state index in [1.807, 2.05) is 20.8 Å². The molecule has 1 aromatic heterocycles. The number of unbranched alkanes of at least 4 members (excludes halogenated alkanes) is 10. The maximum atomic E-state index is 13.2. The first kappa shape index (κ1) is 40.7. The van der Waals surface area contributed by atoms with Crippen LogP contribution in [0.25, 0.3) is 22.1 Å². The fraction of sp³-hybridized carbons (Fsp3) is 0.561. The molecule has 52 heavy (non-hydrogen) atoms. The minimum absolute atomic E-state index is 0.0474. The molecule has 0 bridgehead atoms. The summed E-state index contributed by atoms with van der Waals surface area (Å²) < 4.78 is 17.0. The van der Waals surface area contributed by atoms with Crippen molar-refractivity contribution >= 4 is 46.2 Å². The molecule has 284 valence electrons. The predicted molar refractivity (Wildman–Crippen MR) is 207 cm³/mol. The summed E-state index contributed by atoms with van der Waals surface area (Å²) in [7, 11) is 0. The minimum atomic E-state index is -0.812. The number of hydrogen-bond acceptors (Lipinski definition) is 7. The van der Waals surface area contributed by atoms with Gasteiger partial charge < -0.3 is 29.0 Å². The summed E-state index contributed by atoms with van der Waals surface area (Å²) in [5.41, 5.74) is 0.917. The molecule has 4 rings (SSSR count). The summed E-state index contributed by atoms with van der Waals surface area (Å²) >= 11 is 6.71. The smallest absolute Gasteiger partial charge is 0.410 e. The van der Waals surface area contributed by atoms with Crippen LogP contribution < -0.4 is 15.7 Å². The summed E-state index contributed by atoms with van der Waals surface area (Å²) in [6.45, 7) is 10.8. The zero-order valence-corrected chi connectivity index (χ0v) is 32.3. The van der Waals surface area contributed by atoms with Crippen LogP contribution in [-0.4, -0.2) is 65.6 Å². The van der Waals surface area contributed by atoms with Gasteiger partial charge in [0.1, 0.15) is 16.9 Å². The van der Waals surface area contributed by atoms with Gasteiger partial charge in [0.05, 0.1) is 5.02 Å². The Morgan fingerprint density at radius 3 is 2.06 bits per heavy atom. The topological polar surface area (TPSA) is 118 Å².